The second-order valence-corrected chi connectivity index (χ2v) is 5.61. The molecule has 5 heteroatoms. The average Bonchev–Trinajstić information content (AvgIpc) is 3.10. The lowest BCUT2D eigenvalue weighted by molar-refractivity contribution is 0.393. The molecular weight excluding hydrogens is 288 g/mol. The van der Waals surface area contributed by atoms with Gasteiger partial charge in [0.2, 0.25) is 5.88 Å². The SMILES string of the molecule is COc1cncc(CC(c2cnc[nH]2)c2cccc(C)c2C)n1. The number of nitrogens with zero attached hydrogens (tertiary/aromatic N) is 3. The summed E-state index contributed by atoms with van der Waals surface area (Å²) >= 11 is 0. The molecule has 0 saturated heterocycles. The molecule has 3 rings (SSSR count). The van der Waals surface area contributed by atoms with Crippen LogP contribution in [0.1, 0.15) is 34.0 Å². The van der Waals surface area contributed by atoms with E-state index < -0.39 is 0 Å². The molecule has 23 heavy (non-hydrogen) atoms. The molecule has 0 aliphatic heterocycles. The Bertz CT molecular complexity index is 783. The Morgan fingerprint density at radius 1 is 1.13 bits per heavy atom. The summed E-state index contributed by atoms with van der Waals surface area (Å²) in [5, 5.41) is 0. The van der Waals surface area contributed by atoms with Crippen molar-refractivity contribution in [1.29, 1.82) is 0 Å². The summed E-state index contributed by atoms with van der Waals surface area (Å²) in [6.45, 7) is 4.29. The van der Waals surface area contributed by atoms with E-state index in [1.165, 1.54) is 16.7 Å². The molecule has 3 aromatic rings. The van der Waals surface area contributed by atoms with Crippen LogP contribution < -0.4 is 4.74 Å². The number of aryl methyl sites for hydroxylation is 1. The predicted molar refractivity (Wildman–Crippen MR) is 88.6 cm³/mol. The Balaban J connectivity index is 2.01. The molecule has 0 saturated carbocycles. The first-order valence-electron chi connectivity index (χ1n) is 7.58. The Labute approximate surface area is 135 Å². The Morgan fingerprint density at radius 3 is 2.74 bits per heavy atom. The maximum atomic E-state index is 5.18. The molecule has 1 N–H and O–H groups in total. The van der Waals surface area contributed by atoms with Crippen molar-refractivity contribution in [2.75, 3.05) is 7.11 Å². The normalized spacial score (nSPS) is 12.1. The van der Waals surface area contributed by atoms with Crippen molar-refractivity contribution >= 4 is 0 Å². The molecule has 2 heterocycles. The van der Waals surface area contributed by atoms with Crippen LogP contribution in [0.4, 0.5) is 0 Å². The van der Waals surface area contributed by atoms with Crippen molar-refractivity contribution in [3.63, 3.8) is 0 Å². The largest absolute Gasteiger partial charge is 0.480 e. The van der Waals surface area contributed by atoms with Gasteiger partial charge in [-0.05, 0) is 30.5 Å². The number of imidazole rings is 1. The molecule has 1 unspecified atom stereocenters. The fourth-order valence-electron chi connectivity index (χ4n) is 2.79. The lowest BCUT2D eigenvalue weighted by Crippen LogP contribution is -2.10. The second kappa shape index (κ2) is 6.60. The number of ether oxygens (including phenoxy) is 1. The number of nitrogens with one attached hydrogen (secondary N) is 1. The van der Waals surface area contributed by atoms with Gasteiger partial charge in [-0.25, -0.2) is 9.97 Å². The highest BCUT2D eigenvalue weighted by atomic mass is 16.5. The van der Waals surface area contributed by atoms with Crippen LogP contribution in [0, 0.1) is 13.8 Å². The molecule has 0 radical (unpaired) electrons. The van der Waals surface area contributed by atoms with E-state index >= 15 is 0 Å². The molecule has 0 spiro atoms. The summed E-state index contributed by atoms with van der Waals surface area (Å²) in [5.74, 6) is 0.686. The lowest BCUT2D eigenvalue weighted by atomic mass is 9.87. The van der Waals surface area contributed by atoms with E-state index in [2.05, 4.69) is 52.0 Å². The van der Waals surface area contributed by atoms with Crippen molar-refractivity contribution in [3.05, 3.63) is 71.2 Å². The first kappa shape index (κ1) is 15.2. The van der Waals surface area contributed by atoms with Crippen LogP contribution in [0.5, 0.6) is 5.88 Å². The summed E-state index contributed by atoms with van der Waals surface area (Å²) in [7, 11) is 1.60. The Morgan fingerprint density at radius 2 is 2.00 bits per heavy atom. The smallest absolute Gasteiger partial charge is 0.232 e. The fraction of sp³-hybridized carbons (Fsp3) is 0.278. The highest BCUT2D eigenvalue weighted by Gasteiger charge is 2.20. The van der Waals surface area contributed by atoms with Crippen LogP contribution in [-0.4, -0.2) is 27.0 Å². The van der Waals surface area contributed by atoms with Crippen molar-refractivity contribution in [2.24, 2.45) is 0 Å². The quantitative estimate of drug-likeness (QED) is 0.786. The van der Waals surface area contributed by atoms with Gasteiger partial charge in [0.25, 0.3) is 0 Å². The molecule has 0 amide bonds. The lowest BCUT2D eigenvalue weighted by Gasteiger charge is -2.19. The van der Waals surface area contributed by atoms with E-state index in [-0.39, 0.29) is 5.92 Å². The zero-order valence-corrected chi connectivity index (χ0v) is 13.6. The Hall–Kier alpha value is -2.69. The summed E-state index contributed by atoms with van der Waals surface area (Å²) in [6.07, 6.45) is 7.73. The molecule has 0 aliphatic carbocycles. The first-order valence-corrected chi connectivity index (χ1v) is 7.58. The van der Waals surface area contributed by atoms with Crippen LogP contribution in [0.15, 0.2) is 43.1 Å². The van der Waals surface area contributed by atoms with E-state index in [0.717, 1.165) is 17.8 Å². The minimum Gasteiger partial charge on any atom is -0.480 e. The van der Waals surface area contributed by atoms with Gasteiger partial charge in [0.15, 0.2) is 0 Å². The molecular formula is C18H20N4O. The van der Waals surface area contributed by atoms with Crippen LogP contribution >= 0.6 is 0 Å². The third-order valence-corrected chi connectivity index (χ3v) is 4.20. The van der Waals surface area contributed by atoms with E-state index in [1.807, 2.05) is 6.20 Å². The van der Waals surface area contributed by atoms with Crippen LogP contribution in [0.3, 0.4) is 0 Å². The summed E-state index contributed by atoms with van der Waals surface area (Å²) in [4.78, 5) is 16.1. The summed E-state index contributed by atoms with van der Waals surface area (Å²) in [5.41, 5.74) is 5.82. The molecule has 0 aliphatic rings. The minimum atomic E-state index is 0.152. The van der Waals surface area contributed by atoms with Crippen LogP contribution in [-0.2, 0) is 6.42 Å². The zero-order valence-electron chi connectivity index (χ0n) is 13.6. The first-order chi connectivity index (χ1) is 11.2. The molecule has 5 nitrogen and oxygen atoms in total. The van der Waals surface area contributed by atoms with Gasteiger partial charge in [-0.3, -0.25) is 4.98 Å². The highest BCUT2D eigenvalue weighted by Crippen LogP contribution is 2.30. The summed E-state index contributed by atoms with van der Waals surface area (Å²) in [6, 6.07) is 6.40. The average molecular weight is 308 g/mol. The number of rotatable bonds is 5. The third kappa shape index (κ3) is 3.23. The van der Waals surface area contributed by atoms with Crippen molar-refractivity contribution in [1.82, 2.24) is 19.9 Å². The number of hydrogen-bond acceptors (Lipinski definition) is 4. The maximum Gasteiger partial charge on any atom is 0.232 e. The second-order valence-electron chi connectivity index (χ2n) is 5.61. The molecule has 1 atom stereocenters. The highest BCUT2D eigenvalue weighted by molar-refractivity contribution is 5.40. The van der Waals surface area contributed by atoms with Crippen LogP contribution in [0.25, 0.3) is 0 Å². The number of methoxy groups -OCH3 is 1. The van der Waals surface area contributed by atoms with Gasteiger partial charge in [-0.2, -0.15) is 0 Å². The number of hydrogen-bond donors (Lipinski definition) is 1. The number of aromatic amines is 1. The van der Waals surface area contributed by atoms with Crippen molar-refractivity contribution < 1.29 is 4.74 Å². The Kier molecular flexibility index (Phi) is 4.37. The van der Waals surface area contributed by atoms with E-state index in [0.29, 0.717) is 5.88 Å². The topological polar surface area (TPSA) is 63.7 Å². The number of aromatic nitrogens is 4. The maximum absolute atomic E-state index is 5.18. The van der Waals surface area contributed by atoms with Crippen molar-refractivity contribution in [3.8, 4) is 5.88 Å². The minimum absolute atomic E-state index is 0.152. The van der Waals surface area contributed by atoms with Gasteiger partial charge in [0.1, 0.15) is 0 Å². The van der Waals surface area contributed by atoms with Gasteiger partial charge in [-0.1, -0.05) is 18.2 Å². The standard InChI is InChI=1S/C18H20N4O/c1-12-5-4-6-15(13(12)2)16(17-9-20-11-21-17)7-14-8-19-10-18(22-14)23-3/h4-6,8-11,16H,7H2,1-3H3,(H,20,21). The fourth-order valence-corrected chi connectivity index (χ4v) is 2.79. The molecule has 0 bridgehead atoms. The summed E-state index contributed by atoms with van der Waals surface area (Å²) < 4.78 is 5.18. The monoisotopic (exact) mass is 308 g/mol. The number of H-pyrrole nitrogens is 1. The third-order valence-electron chi connectivity index (χ3n) is 4.20. The molecule has 2 aromatic heterocycles. The zero-order chi connectivity index (χ0) is 16.2. The van der Waals surface area contributed by atoms with Crippen LogP contribution in [0.2, 0.25) is 0 Å². The van der Waals surface area contributed by atoms with Gasteiger partial charge in [0, 0.05) is 30.4 Å². The van der Waals surface area contributed by atoms with Gasteiger partial charge in [0.05, 0.1) is 25.3 Å². The van der Waals surface area contributed by atoms with Gasteiger partial charge < -0.3 is 9.72 Å². The van der Waals surface area contributed by atoms with Gasteiger partial charge >= 0.3 is 0 Å². The molecule has 118 valence electrons. The van der Waals surface area contributed by atoms with E-state index in [4.69, 9.17) is 4.74 Å². The molecule has 1 aromatic carbocycles. The van der Waals surface area contributed by atoms with E-state index in [1.54, 1.807) is 25.8 Å². The van der Waals surface area contributed by atoms with Crippen molar-refractivity contribution in [2.45, 2.75) is 26.2 Å². The van der Waals surface area contributed by atoms with E-state index in [9.17, 15) is 0 Å². The van der Waals surface area contributed by atoms with Gasteiger partial charge in [-0.15, -0.1) is 0 Å². The molecule has 0 fully saturated rings. The number of benzene rings is 1. The predicted octanol–water partition coefficient (Wildman–Crippen LogP) is 3.20.